The van der Waals surface area contributed by atoms with Crippen molar-refractivity contribution in [1.82, 2.24) is 4.98 Å². The average Bonchev–Trinajstić information content (AvgIpc) is 1.72. The first-order valence-electron chi connectivity index (χ1n) is 1.76. The number of aromatic nitrogens is 1. The molecule has 0 bridgehead atoms. The van der Waals surface area contributed by atoms with Gasteiger partial charge in [-0.3, -0.25) is 0 Å². The van der Waals surface area contributed by atoms with E-state index in [1.165, 1.54) is 0 Å². The van der Waals surface area contributed by atoms with Gasteiger partial charge >= 0.3 is 0 Å². The normalized spacial score (nSPS) is 6.86. The topological polar surface area (TPSA) is 12.9 Å². The molecule has 0 spiro atoms. The third kappa shape index (κ3) is 2.89. The molecule has 1 aromatic heterocycles. The smallest absolute Gasteiger partial charge is 0 e. The first-order valence-corrected chi connectivity index (χ1v) is 1.76. The molecule has 0 fully saturated rings. The molecule has 0 N–H and O–H groups in total. The van der Waals surface area contributed by atoms with E-state index in [-0.39, 0.29) is 32.7 Å². The fraction of sp³-hybridized carbons (Fsp3) is 0. The minimum atomic E-state index is 0. The predicted octanol–water partition coefficient (Wildman–Crippen LogP) is 0.879. The maximum absolute atomic E-state index is 3.73. The number of nitrogens with zero attached hydrogens (tertiary/aromatic N) is 1. The van der Waals surface area contributed by atoms with Gasteiger partial charge in [0.1, 0.15) is 0 Å². The molecule has 0 unspecified atom stereocenters. The van der Waals surface area contributed by atoms with Gasteiger partial charge < -0.3 is 4.98 Å². The average molecular weight is 167 g/mol. The van der Waals surface area contributed by atoms with Crippen molar-refractivity contribution in [2.24, 2.45) is 0 Å². The van der Waals surface area contributed by atoms with Gasteiger partial charge in [-0.25, -0.2) is 12.1 Å². The molecule has 0 saturated heterocycles. The Morgan fingerprint density at radius 3 is 2.43 bits per heavy atom. The molecule has 1 rings (SSSR count). The Morgan fingerprint density at radius 1 is 1.43 bits per heavy atom. The summed E-state index contributed by atoms with van der Waals surface area (Å²) in [6.45, 7) is 0. The molecule has 0 aliphatic rings. The van der Waals surface area contributed by atoms with Crippen LogP contribution < -0.4 is 0 Å². The van der Waals surface area contributed by atoms with E-state index >= 15 is 0 Å². The first kappa shape index (κ1) is 7.25. The van der Waals surface area contributed by atoms with E-state index in [0.29, 0.717) is 0 Å². The van der Waals surface area contributed by atoms with E-state index in [9.17, 15) is 0 Å². The largest absolute Gasteiger partial charge is 0.304 e. The summed E-state index contributed by atoms with van der Waals surface area (Å²) in [4.78, 5) is 3.73. The zero-order chi connectivity index (χ0) is 4.24. The molecule has 0 aliphatic carbocycles. The zero-order valence-electron chi connectivity index (χ0n) is 3.83. The van der Waals surface area contributed by atoms with Gasteiger partial charge in [0, 0.05) is 32.7 Å². The second-order valence-corrected chi connectivity index (χ2v) is 0.953. The molecular weight excluding hydrogens is 163 g/mol. The minimum Gasteiger partial charge on any atom is -0.304 e. The van der Waals surface area contributed by atoms with Crippen LogP contribution in [-0.2, 0) is 32.7 Å². The van der Waals surface area contributed by atoms with Gasteiger partial charge in [-0.15, -0.1) is 0 Å². The van der Waals surface area contributed by atoms with E-state index in [0.717, 1.165) is 0 Å². The van der Waals surface area contributed by atoms with Crippen LogP contribution in [0.2, 0.25) is 0 Å². The Balaban J connectivity index is 0.000000360. The minimum absolute atomic E-state index is 0. The standard InChI is InChI=1S/C5H4N.Y/c1-2-4-6-5-3-1;/h1-2,4-5H;/q-1;. The third-order valence-electron chi connectivity index (χ3n) is 0.514. The summed E-state index contributed by atoms with van der Waals surface area (Å²) < 4.78 is 0. The molecular formula is C5H4NY-. The fourth-order valence-corrected chi connectivity index (χ4v) is 0.277. The number of hydrogen-bond acceptors (Lipinski definition) is 1. The van der Waals surface area contributed by atoms with Crippen molar-refractivity contribution in [3.05, 3.63) is 30.6 Å². The van der Waals surface area contributed by atoms with E-state index in [4.69, 9.17) is 0 Å². The number of hydrogen-bond donors (Lipinski definition) is 0. The molecule has 0 atom stereocenters. The summed E-state index contributed by atoms with van der Waals surface area (Å²) in [6, 6.07) is 6.43. The van der Waals surface area contributed by atoms with Gasteiger partial charge in [0.15, 0.2) is 0 Å². The van der Waals surface area contributed by atoms with Gasteiger partial charge in [-0.2, -0.15) is 6.07 Å². The Morgan fingerprint density at radius 2 is 2.29 bits per heavy atom. The van der Waals surface area contributed by atoms with Crippen LogP contribution in [0.4, 0.5) is 0 Å². The van der Waals surface area contributed by atoms with E-state index in [2.05, 4.69) is 11.1 Å². The zero-order valence-corrected chi connectivity index (χ0v) is 6.67. The molecule has 0 aromatic carbocycles. The molecule has 1 nitrogen and oxygen atoms in total. The van der Waals surface area contributed by atoms with Crippen molar-refractivity contribution >= 4 is 0 Å². The number of pyridine rings is 1. The van der Waals surface area contributed by atoms with Crippen molar-refractivity contribution in [3.8, 4) is 0 Å². The van der Waals surface area contributed by atoms with E-state index in [1.54, 1.807) is 12.4 Å². The summed E-state index contributed by atoms with van der Waals surface area (Å²) in [5, 5.41) is 0. The van der Waals surface area contributed by atoms with Crippen molar-refractivity contribution in [2.45, 2.75) is 0 Å². The van der Waals surface area contributed by atoms with Crippen molar-refractivity contribution in [3.63, 3.8) is 0 Å². The van der Waals surface area contributed by atoms with Crippen LogP contribution in [0, 0.1) is 6.07 Å². The van der Waals surface area contributed by atoms with Gasteiger partial charge in [-0.05, 0) is 0 Å². The molecule has 0 aliphatic heterocycles. The SMILES string of the molecule is [Y].[c-]1cccnc1. The summed E-state index contributed by atoms with van der Waals surface area (Å²) in [6.07, 6.45) is 3.34. The fourth-order valence-electron chi connectivity index (χ4n) is 0.277. The predicted molar refractivity (Wildman–Crippen MR) is 23.1 cm³/mol. The summed E-state index contributed by atoms with van der Waals surface area (Å²) in [5.74, 6) is 0. The van der Waals surface area contributed by atoms with Gasteiger partial charge in [0.05, 0.1) is 0 Å². The molecule has 7 heavy (non-hydrogen) atoms. The summed E-state index contributed by atoms with van der Waals surface area (Å²) in [7, 11) is 0. The Kier molecular flexibility index (Phi) is 4.57. The van der Waals surface area contributed by atoms with Crippen LogP contribution in [0.1, 0.15) is 0 Å². The second kappa shape index (κ2) is 4.41. The summed E-state index contributed by atoms with van der Waals surface area (Å²) >= 11 is 0. The first-order chi connectivity index (χ1) is 3.00. The van der Waals surface area contributed by atoms with Crippen LogP contribution in [0.5, 0.6) is 0 Å². The van der Waals surface area contributed by atoms with Crippen molar-refractivity contribution in [1.29, 1.82) is 0 Å². The second-order valence-electron chi connectivity index (χ2n) is 0.953. The maximum Gasteiger partial charge on any atom is 0 e. The van der Waals surface area contributed by atoms with Crippen LogP contribution >= 0.6 is 0 Å². The maximum atomic E-state index is 3.73. The molecule has 1 radical (unpaired) electrons. The van der Waals surface area contributed by atoms with Crippen LogP contribution in [0.3, 0.4) is 0 Å². The van der Waals surface area contributed by atoms with E-state index in [1.807, 2.05) is 12.1 Å². The molecule has 2 heteroatoms. The van der Waals surface area contributed by atoms with Gasteiger partial charge in [0.2, 0.25) is 0 Å². The Bertz CT molecular complexity index is 80.0. The van der Waals surface area contributed by atoms with Gasteiger partial charge in [0.25, 0.3) is 0 Å². The van der Waals surface area contributed by atoms with Crippen molar-refractivity contribution < 1.29 is 32.7 Å². The monoisotopic (exact) mass is 167 g/mol. The summed E-state index contributed by atoms with van der Waals surface area (Å²) in [5.41, 5.74) is 0. The van der Waals surface area contributed by atoms with Crippen LogP contribution in [0.15, 0.2) is 24.5 Å². The molecule has 1 aromatic rings. The number of rotatable bonds is 0. The van der Waals surface area contributed by atoms with Gasteiger partial charge in [-0.1, -0.05) is 12.4 Å². The molecule has 0 amide bonds. The van der Waals surface area contributed by atoms with E-state index < -0.39 is 0 Å². The Hall–Kier alpha value is 0.254. The molecule has 33 valence electrons. The van der Waals surface area contributed by atoms with Crippen LogP contribution in [0.25, 0.3) is 0 Å². The quantitative estimate of drug-likeness (QED) is 0.522. The Labute approximate surface area is 68.0 Å². The molecule has 0 saturated carbocycles. The van der Waals surface area contributed by atoms with Crippen LogP contribution in [-0.4, -0.2) is 4.98 Å². The van der Waals surface area contributed by atoms with Crippen molar-refractivity contribution in [2.75, 3.05) is 0 Å². The third-order valence-corrected chi connectivity index (χ3v) is 0.514. The molecule has 1 heterocycles.